The lowest BCUT2D eigenvalue weighted by molar-refractivity contribution is -0.113. The van der Waals surface area contributed by atoms with E-state index in [1.807, 2.05) is 0 Å². The Morgan fingerprint density at radius 2 is 1.56 bits per heavy atom. The molecule has 0 saturated heterocycles. The lowest BCUT2D eigenvalue weighted by Gasteiger charge is -2.43. The number of fused-ring (bicyclic) bond motifs is 2. The Morgan fingerprint density at radius 1 is 0.974 bits per heavy atom. The summed E-state index contributed by atoms with van der Waals surface area (Å²) in [5.41, 5.74) is -1.44. The molecule has 3 aromatic rings. The maximum Gasteiger partial charge on any atom is 0.255 e. The fourth-order valence-corrected chi connectivity index (χ4v) is 8.93. The van der Waals surface area contributed by atoms with Crippen LogP contribution in [0.25, 0.3) is 0 Å². The van der Waals surface area contributed by atoms with Gasteiger partial charge in [-0.15, -0.1) is 0 Å². The summed E-state index contributed by atoms with van der Waals surface area (Å²) in [6, 6.07) is 13.5. The molecular formula is C28H25ClF3NO5S. The number of nitrogens with one attached hydrogen (secondary N) is 1. The van der Waals surface area contributed by atoms with Gasteiger partial charge in [-0.2, -0.15) is 0 Å². The number of carbonyl (C=O) groups is 1. The van der Waals surface area contributed by atoms with E-state index in [1.54, 1.807) is 30.3 Å². The summed E-state index contributed by atoms with van der Waals surface area (Å²) >= 11 is 6.29. The fraction of sp³-hybridized carbons (Fsp3) is 0.321. The lowest BCUT2D eigenvalue weighted by Crippen LogP contribution is -2.49. The molecule has 2 bridgehead atoms. The third kappa shape index (κ3) is 5.06. The zero-order chi connectivity index (χ0) is 28.1. The average Bonchev–Trinajstić information content (AvgIpc) is 3.20. The first kappa shape index (κ1) is 27.6. The van der Waals surface area contributed by atoms with Gasteiger partial charge >= 0.3 is 0 Å². The van der Waals surface area contributed by atoms with Gasteiger partial charge in [0, 0.05) is 23.4 Å². The summed E-state index contributed by atoms with van der Waals surface area (Å²) in [5.74, 6) is -6.44. The van der Waals surface area contributed by atoms with E-state index in [2.05, 4.69) is 5.32 Å². The molecule has 6 nitrogen and oxygen atoms in total. The van der Waals surface area contributed by atoms with Gasteiger partial charge in [0.2, 0.25) is 0 Å². The molecular weight excluding hydrogens is 555 g/mol. The number of carbonyl (C=O) groups excluding carboxylic acids is 1. The molecule has 3 N–H and O–H groups in total. The quantitative estimate of drug-likeness (QED) is 0.338. The number of halogens is 4. The Hall–Kier alpha value is -2.92. The van der Waals surface area contributed by atoms with Crippen molar-refractivity contribution in [1.29, 1.82) is 0 Å². The van der Waals surface area contributed by atoms with Crippen LogP contribution in [0.15, 0.2) is 65.6 Å². The minimum Gasteiger partial charge on any atom is -0.387 e. The normalized spacial score (nSPS) is 25.3. The van der Waals surface area contributed by atoms with Crippen molar-refractivity contribution in [3.63, 3.8) is 0 Å². The Labute approximate surface area is 228 Å². The first-order valence-corrected chi connectivity index (χ1v) is 14.3. The predicted octanol–water partition coefficient (Wildman–Crippen LogP) is 5.44. The van der Waals surface area contributed by atoms with E-state index in [-0.39, 0.29) is 34.0 Å². The van der Waals surface area contributed by atoms with E-state index in [4.69, 9.17) is 11.6 Å². The number of anilines is 1. The molecule has 1 amide bonds. The van der Waals surface area contributed by atoms with Crippen molar-refractivity contribution >= 4 is 33.0 Å². The molecule has 0 aliphatic heterocycles. The SMILES string of the molecule is O=C(Nc1cc(F)c(F)c(F)c1)c1ccc(Cl)c(S(=O)(=O)C2C3CCC2CC(O)([C@@H](O)c2ccccc2)C3)c1. The van der Waals surface area contributed by atoms with Crippen molar-refractivity contribution < 1.29 is 36.6 Å². The molecule has 0 spiro atoms. The first-order chi connectivity index (χ1) is 18.4. The van der Waals surface area contributed by atoms with Crippen LogP contribution in [0, 0.1) is 29.3 Å². The Morgan fingerprint density at radius 3 is 2.15 bits per heavy atom. The average molecular weight is 580 g/mol. The fourth-order valence-electron chi connectivity index (χ4n) is 6.09. The van der Waals surface area contributed by atoms with Crippen LogP contribution in [-0.4, -0.2) is 35.4 Å². The Kier molecular flexibility index (Phi) is 7.26. The zero-order valence-electron chi connectivity index (χ0n) is 20.5. The van der Waals surface area contributed by atoms with E-state index < -0.39 is 62.0 Å². The maximum absolute atomic E-state index is 13.9. The molecule has 2 fully saturated rings. The number of amides is 1. The van der Waals surface area contributed by atoms with Crippen LogP contribution in [0.3, 0.4) is 0 Å². The van der Waals surface area contributed by atoms with Crippen molar-refractivity contribution in [2.24, 2.45) is 11.8 Å². The van der Waals surface area contributed by atoms with Crippen LogP contribution < -0.4 is 5.32 Å². The van der Waals surface area contributed by atoms with Crippen LogP contribution >= 0.6 is 11.6 Å². The molecule has 3 aromatic carbocycles. The van der Waals surface area contributed by atoms with Gasteiger partial charge in [-0.1, -0.05) is 41.9 Å². The molecule has 39 heavy (non-hydrogen) atoms. The van der Waals surface area contributed by atoms with Gasteiger partial charge in [0.1, 0.15) is 6.10 Å². The van der Waals surface area contributed by atoms with Gasteiger partial charge in [-0.05, 0) is 61.3 Å². The number of hydrogen-bond acceptors (Lipinski definition) is 5. The lowest BCUT2D eigenvalue weighted by atomic mass is 9.73. The molecule has 11 heteroatoms. The minimum absolute atomic E-state index is 0.0724. The summed E-state index contributed by atoms with van der Waals surface area (Å²) in [5, 5.41) is 23.6. The highest BCUT2D eigenvalue weighted by atomic mass is 35.5. The van der Waals surface area contributed by atoms with Gasteiger partial charge in [0.25, 0.3) is 5.91 Å². The smallest absolute Gasteiger partial charge is 0.255 e. The molecule has 2 aliphatic carbocycles. The Bertz CT molecular complexity index is 1500. The highest BCUT2D eigenvalue weighted by molar-refractivity contribution is 7.92. The summed E-state index contributed by atoms with van der Waals surface area (Å²) in [7, 11) is -4.09. The van der Waals surface area contributed by atoms with Gasteiger partial charge < -0.3 is 15.5 Å². The first-order valence-electron chi connectivity index (χ1n) is 12.4. The van der Waals surface area contributed by atoms with Gasteiger partial charge in [0.05, 0.1) is 20.8 Å². The Balaban J connectivity index is 1.40. The predicted molar refractivity (Wildman–Crippen MR) is 138 cm³/mol. The molecule has 206 valence electrons. The molecule has 5 rings (SSSR count). The van der Waals surface area contributed by atoms with E-state index in [0.29, 0.717) is 30.5 Å². The standard InChI is InChI=1S/C28H25ClF3NO5S/c29-20-9-8-16(27(35)33-19-11-21(30)24(32)22(31)12-19)10-23(20)39(37,38)25-17-6-7-18(25)14-28(36,13-17)26(34)15-4-2-1-3-5-15/h1-5,8-12,17-18,25-26,34,36H,6-7,13-14H2,(H,33,35)/t17?,18?,25?,26-,28?/m0/s1. The molecule has 0 radical (unpaired) electrons. The minimum atomic E-state index is -4.09. The summed E-state index contributed by atoms with van der Waals surface area (Å²) in [6.45, 7) is 0. The molecule has 2 saturated carbocycles. The zero-order valence-corrected chi connectivity index (χ0v) is 22.0. The van der Waals surface area contributed by atoms with Crippen molar-refractivity contribution in [2.75, 3.05) is 5.32 Å². The number of aliphatic hydroxyl groups excluding tert-OH is 1. The highest BCUT2D eigenvalue weighted by Crippen LogP contribution is 2.54. The second-order valence-electron chi connectivity index (χ2n) is 10.3. The summed E-state index contributed by atoms with van der Waals surface area (Å²) in [4.78, 5) is 12.5. The van der Waals surface area contributed by atoms with Crippen molar-refractivity contribution in [1.82, 2.24) is 0 Å². The van der Waals surface area contributed by atoms with Gasteiger partial charge in [-0.3, -0.25) is 4.79 Å². The number of benzene rings is 3. The monoisotopic (exact) mass is 579 g/mol. The third-order valence-corrected chi connectivity index (χ3v) is 10.7. The van der Waals surface area contributed by atoms with E-state index in [9.17, 15) is 36.6 Å². The third-order valence-electron chi connectivity index (χ3n) is 7.79. The summed E-state index contributed by atoms with van der Waals surface area (Å²) in [6.07, 6.45) is 0.0453. The number of rotatable bonds is 6. The van der Waals surface area contributed by atoms with Crippen molar-refractivity contribution in [2.45, 2.75) is 47.5 Å². The van der Waals surface area contributed by atoms with Crippen LogP contribution in [0.4, 0.5) is 18.9 Å². The topological polar surface area (TPSA) is 104 Å². The second kappa shape index (κ2) is 10.2. The number of sulfone groups is 1. The molecule has 0 aromatic heterocycles. The van der Waals surface area contributed by atoms with Gasteiger partial charge in [0.15, 0.2) is 27.3 Å². The molecule has 2 unspecified atom stereocenters. The molecule has 0 heterocycles. The van der Waals surface area contributed by atoms with Crippen LogP contribution in [0.2, 0.25) is 5.02 Å². The molecule has 2 aliphatic rings. The van der Waals surface area contributed by atoms with Gasteiger partial charge in [-0.25, -0.2) is 21.6 Å². The van der Waals surface area contributed by atoms with Crippen LogP contribution in [-0.2, 0) is 9.84 Å². The number of hydrogen-bond donors (Lipinski definition) is 3. The van der Waals surface area contributed by atoms with E-state index >= 15 is 0 Å². The van der Waals surface area contributed by atoms with E-state index in [1.165, 1.54) is 12.1 Å². The van der Waals surface area contributed by atoms with E-state index in [0.717, 1.165) is 6.07 Å². The maximum atomic E-state index is 13.9. The second-order valence-corrected chi connectivity index (χ2v) is 12.8. The largest absolute Gasteiger partial charge is 0.387 e. The van der Waals surface area contributed by atoms with Crippen LogP contribution in [0.1, 0.15) is 47.7 Å². The van der Waals surface area contributed by atoms with Crippen molar-refractivity contribution in [3.05, 3.63) is 94.3 Å². The highest BCUT2D eigenvalue weighted by Gasteiger charge is 2.56. The van der Waals surface area contributed by atoms with Crippen molar-refractivity contribution in [3.8, 4) is 0 Å². The molecule has 3 atom stereocenters. The van der Waals surface area contributed by atoms with Crippen LogP contribution in [0.5, 0.6) is 0 Å². The number of aliphatic hydroxyl groups is 2. The summed E-state index contributed by atoms with van der Waals surface area (Å²) < 4.78 is 68.1.